The van der Waals surface area contributed by atoms with Crippen LogP contribution in [0.3, 0.4) is 0 Å². The lowest BCUT2D eigenvalue weighted by molar-refractivity contribution is 0.0804. The van der Waals surface area contributed by atoms with Crippen molar-refractivity contribution in [1.82, 2.24) is 10.3 Å². The molecule has 2 aromatic rings. The van der Waals surface area contributed by atoms with E-state index in [-0.39, 0.29) is 19.1 Å². The summed E-state index contributed by atoms with van der Waals surface area (Å²) in [7, 11) is 0. The Morgan fingerprint density at radius 1 is 1.45 bits per heavy atom. The van der Waals surface area contributed by atoms with Crippen molar-refractivity contribution in [3.8, 4) is 10.6 Å². The Kier molecular flexibility index (Phi) is 5.65. The first-order valence-electron chi connectivity index (χ1n) is 7.19. The molecular formula is C16H20N2O3S. The van der Waals surface area contributed by atoms with Gasteiger partial charge in [0.05, 0.1) is 28.2 Å². The van der Waals surface area contributed by atoms with Crippen LogP contribution in [0.1, 0.15) is 27.9 Å². The number of thiophene rings is 1. The predicted octanol–water partition coefficient (Wildman–Crippen LogP) is 1.76. The van der Waals surface area contributed by atoms with Crippen molar-refractivity contribution in [3.05, 3.63) is 40.4 Å². The number of hydrogen-bond donors (Lipinski definition) is 3. The van der Waals surface area contributed by atoms with E-state index < -0.39 is 6.10 Å². The standard InChI is InChI=1S/C16H20N2O3S/c1-3-11-5-4-6-13(18-11)14-7-10(2)15(22-14)16(21)17-8-12(20)9-19/h4-7,12,19-20H,3,8-9H2,1-2H3,(H,17,21). The molecule has 1 atom stereocenters. The molecule has 0 fully saturated rings. The Balaban J connectivity index is 2.18. The number of carbonyl (C=O) groups is 1. The minimum Gasteiger partial charge on any atom is -0.394 e. The molecule has 2 rings (SSSR count). The Morgan fingerprint density at radius 2 is 2.23 bits per heavy atom. The van der Waals surface area contributed by atoms with E-state index in [0.717, 1.165) is 28.2 Å². The van der Waals surface area contributed by atoms with Crippen LogP contribution in [0.2, 0.25) is 0 Å². The van der Waals surface area contributed by atoms with Crippen LogP contribution in [-0.2, 0) is 6.42 Å². The highest BCUT2D eigenvalue weighted by atomic mass is 32.1. The van der Waals surface area contributed by atoms with Gasteiger partial charge < -0.3 is 15.5 Å². The van der Waals surface area contributed by atoms with Crippen molar-refractivity contribution in [3.63, 3.8) is 0 Å². The molecule has 3 N–H and O–H groups in total. The molecular weight excluding hydrogens is 300 g/mol. The zero-order valence-corrected chi connectivity index (χ0v) is 13.5. The molecule has 2 heterocycles. The lowest BCUT2D eigenvalue weighted by Crippen LogP contribution is -2.33. The molecule has 0 spiro atoms. The van der Waals surface area contributed by atoms with Crippen LogP contribution in [0.15, 0.2) is 24.3 Å². The van der Waals surface area contributed by atoms with Crippen LogP contribution in [0, 0.1) is 6.92 Å². The summed E-state index contributed by atoms with van der Waals surface area (Å²) in [6, 6.07) is 7.83. The molecule has 1 unspecified atom stereocenters. The fraction of sp³-hybridized carbons (Fsp3) is 0.375. The fourth-order valence-electron chi connectivity index (χ4n) is 2.00. The minimum atomic E-state index is -0.938. The van der Waals surface area contributed by atoms with Crippen LogP contribution in [0.5, 0.6) is 0 Å². The third-order valence-corrected chi connectivity index (χ3v) is 4.51. The number of nitrogens with zero attached hydrogens (tertiary/aromatic N) is 1. The van der Waals surface area contributed by atoms with Crippen molar-refractivity contribution in [2.24, 2.45) is 0 Å². The number of hydrogen-bond acceptors (Lipinski definition) is 5. The highest BCUT2D eigenvalue weighted by Crippen LogP contribution is 2.30. The number of nitrogens with one attached hydrogen (secondary N) is 1. The average molecular weight is 320 g/mol. The van der Waals surface area contributed by atoms with Gasteiger partial charge in [0, 0.05) is 12.2 Å². The maximum atomic E-state index is 12.1. The van der Waals surface area contributed by atoms with E-state index in [0.29, 0.717) is 4.88 Å². The Hall–Kier alpha value is -1.76. The zero-order valence-electron chi connectivity index (χ0n) is 12.7. The normalized spacial score (nSPS) is 12.2. The van der Waals surface area contributed by atoms with Gasteiger partial charge in [-0.1, -0.05) is 13.0 Å². The number of aryl methyl sites for hydroxylation is 2. The topological polar surface area (TPSA) is 82.5 Å². The van der Waals surface area contributed by atoms with Crippen molar-refractivity contribution < 1.29 is 15.0 Å². The van der Waals surface area contributed by atoms with Crippen LogP contribution in [0.4, 0.5) is 0 Å². The van der Waals surface area contributed by atoms with Gasteiger partial charge >= 0.3 is 0 Å². The van der Waals surface area contributed by atoms with Gasteiger partial charge in [-0.15, -0.1) is 11.3 Å². The number of carbonyl (C=O) groups excluding carboxylic acids is 1. The SMILES string of the molecule is CCc1cccc(-c2cc(C)c(C(=O)NCC(O)CO)s2)n1. The smallest absolute Gasteiger partial charge is 0.261 e. The summed E-state index contributed by atoms with van der Waals surface area (Å²) in [5.74, 6) is -0.243. The Bertz CT molecular complexity index is 655. The van der Waals surface area contributed by atoms with E-state index >= 15 is 0 Å². The van der Waals surface area contributed by atoms with Gasteiger partial charge in [0.2, 0.25) is 0 Å². The molecule has 6 heteroatoms. The average Bonchev–Trinajstić information content (AvgIpc) is 2.94. The lowest BCUT2D eigenvalue weighted by Gasteiger charge is -2.08. The van der Waals surface area contributed by atoms with Gasteiger partial charge in [0.25, 0.3) is 5.91 Å². The number of aliphatic hydroxyl groups is 2. The summed E-state index contributed by atoms with van der Waals surface area (Å²) in [5, 5.41) is 20.7. The van der Waals surface area contributed by atoms with E-state index in [2.05, 4.69) is 17.2 Å². The highest BCUT2D eigenvalue weighted by Gasteiger charge is 2.16. The summed E-state index contributed by atoms with van der Waals surface area (Å²) in [6.07, 6.45) is -0.0727. The number of aromatic nitrogens is 1. The summed E-state index contributed by atoms with van der Waals surface area (Å²) in [4.78, 5) is 18.3. The van der Waals surface area contributed by atoms with Gasteiger partial charge in [0.1, 0.15) is 0 Å². The third-order valence-electron chi connectivity index (χ3n) is 3.25. The monoisotopic (exact) mass is 320 g/mol. The largest absolute Gasteiger partial charge is 0.394 e. The van der Waals surface area contributed by atoms with Crippen LogP contribution < -0.4 is 5.32 Å². The minimum absolute atomic E-state index is 0.0333. The molecule has 0 aliphatic carbocycles. The molecule has 22 heavy (non-hydrogen) atoms. The Morgan fingerprint density at radius 3 is 2.91 bits per heavy atom. The van der Waals surface area contributed by atoms with E-state index in [9.17, 15) is 9.90 Å². The third kappa shape index (κ3) is 3.91. The molecule has 0 saturated heterocycles. The molecule has 2 aromatic heterocycles. The molecule has 0 bridgehead atoms. The van der Waals surface area contributed by atoms with E-state index in [1.165, 1.54) is 11.3 Å². The second kappa shape index (κ2) is 7.49. The quantitative estimate of drug-likeness (QED) is 0.757. The van der Waals surface area contributed by atoms with Gasteiger partial charge in [0.15, 0.2) is 0 Å². The number of aliphatic hydroxyl groups excluding tert-OH is 2. The summed E-state index contributed by atoms with van der Waals surface area (Å²) >= 11 is 1.38. The molecule has 1 amide bonds. The van der Waals surface area contributed by atoms with Crippen molar-refractivity contribution in [1.29, 1.82) is 0 Å². The van der Waals surface area contributed by atoms with Gasteiger partial charge in [-0.3, -0.25) is 9.78 Å². The van der Waals surface area contributed by atoms with Gasteiger partial charge in [-0.25, -0.2) is 0 Å². The molecule has 118 valence electrons. The number of pyridine rings is 1. The molecule has 0 aliphatic heterocycles. The van der Waals surface area contributed by atoms with Crippen LogP contribution in [0.25, 0.3) is 10.6 Å². The Labute approximate surface area is 133 Å². The first-order chi connectivity index (χ1) is 10.5. The maximum Gasteiger partial charge on any atom is 0.261 e. The summed E-state index contributed by atoms with van der Waals surface area (Å²) in [6.45, 7) is 3.59. The summed E-state index contributed by atoms with van der Waals surface area (Å²) in [5.41, 5.74) is 2.75. The maximum absolute atomic E-state index is 12.1. The molecule has 0 radical (unpaired) electrons. The van der Waals surface area contributed by atoms with Crippen molar-refractivity contribution >= 4 is 17.2 Å². The van der Waals surface area contributed by atoms with Gasteiger partial charge in [-0.05, 0) is 37.1 Å². The molecule has 5 nitrogen and oxygen atoms in total. The first kappa shape index (κ1) is 16.6. The first-order valence-corrected chi connectivity index (χ1v) is 8.00. The van der Waals surface area contributed by atoms with Crippen LogP contribution >= 0.6 is 11.3 Å². The van der Waals surface area contributed by atoms with E-state index in [4.69, 9.17) is 5.11 Å². The van der Waals surface area contributed by atoms with Crippen LogP contribution in [-0.4, -0.2) is 40.4 Å². The fourth-order valence-corrected chi connectivity index (χ4v) is 3.06. The zero-order chi connectivity index (χ0) is 16.1. The predicted molar refractivity (Wildman–Crippen MR) is 87.1 cm³/mol. The lowest BCUT2D eigenvalue weighted by atomic mass is 10.2. The van der Waals surface area contributed by atoms with E-state index in [1.54, 1.807) is 0 Å². The molecule has 0 aliphatic rings. The highest BCUT2D eigenvalue weighted by molar-refractivity contribution is 7.17. The van der Waals surface area contributed by atoms with Crippen molar-refractivity contribution in [2.75, 3.05) is 13.2 Å². The second-order valence-electron chi connectivity index (χ2n) is 5.04. The van der Waals surface area contributed by atoms with E-state index in [1.807, 2.05) is 31.2 Å². The van der Waals surface area contributed by atoms with Gasteiger partial charge in [-0.2, -0.15) is 0 Å². The second-order valence-corrected chi connectivity index (χ2v) is 6.09. The number of rotatable bonds is 6. The summed E-state index contributed by atoms with van der Waals surface area (Å²) < 4.78 is 0. The van der Waals surface area contributed by atoms with Crippen molar-refractivity contribution in [2.45, 2.75) is 26.4 Å². The molecule has 0 saturated carbocycles. The number of amides is 1. The molecule has 0 aromatic carbocycles.